The second kappa shape index (κ2) is 3.43. The molecule has 0 aliphatic heterocycles. The van der Waals surface area contributed by atoms with E-state index in [4.69, 9.17) is 26.9 Å². The minimum atomic E-state index is -1.10. The summed E-state index contributed by atoms with van der Waals surface area (Å²) in [7, 11) is 0. The van der Waals surface area contributed by atoms with Crippen LogP contribution < -0.4 is 0 Å². The minimum Gasteiger partial charge on any atom is -0.478 e. The molecule has 1 aliphatic rings. The molecule has 68 valence electrons. The average Bonchev–Trinajstić information content (AvgIpc) is 1.99. The molecule has 0 radical (unpaired) electrons. The lowest BCUT2D eigenvalue weighted by Crippen LogP contribution is -2.38. The number of carboxylic acid groups (broad SMARTS) is 1. The van der Waals surface area contributed by atoms with Crippen LogP contribution in [0, 0.1) is 0 Å². The summed E-state index contributed by atoms with van der Waals surface area (Å²) in [6.45, 7) is 0. The van der Waals surface area contributed by atoms with Crippen molar-refractivity contribution in [3.05, 3.63) is 11.6 Å². The van der Waals surface area contributed by atoms with Gasteiger partial charge in [-0.25, -0.2) is 4.79 Å². The van der Waals surface area contributed by atoms with Crippen LogP contribution in [0.5, 0.6) is 0 Å². The standard InChI is InChI=1S/C7H9ClO4/c8-4-1-3(7(11)12)2-5(9)6(4)10/h1,4-6,9-10H,2H2,(H,11,12)/t4-,5+,6+/m0/s1. The number of carbonyl (C=O) groups is 1. The molecular weight excluding hydrogens is 184 g/mol. The van der Waals surface area contributed by atoms with Crippen LogP contribution in [0.15, 0.2) is 11.6 Å². The molecule has 1 aliphatic carbocycles. The normalized spacial score (nSPS) is 35.9. The molecule has 4 nitrogen and oxygen atoms in total. The molecule has 0 aromatic carbocycles. The first kappa shape index (κ1) is 9.51. The van der Waals surface area contributed by atoms with Gasteiger partial charge < -0.3 is 15.3 Å². The molecule has 0 heterocycles. The van der Waals surface area contributed by atoms with Crippen molar-refractivity contribution in [1.82, 2.24) is 0 Å². The fourth-order valence-electron chi connectivity index (χ4n) is 1.08. The van der Waals surface area contributed by atoms with Crippen molar-refractivity contribution in [1.29, 1.82) is 0 Å². The molecule has 1 rings (SSSR count). The van der Waals surface area contributed by atoms with Crippen molar-refractivity contribution in [3.63, 3.8) is 0 Å². The lowest BCUT2D eigenvalue weighted by Gasteiger charge is -2.25. The van der Waals surface area contributed by atoms with E-state index in [1.54, 1.807) is 0 Å². The molecule has 0 saturated heterocycles. The summed E-state index contributed by atoms with van der Waals surface area (Å²) in [5.74, 6) is -1.10. The van der Waals surface area contributed by atoms with Crippen LogP contribution in [-0.4, -0.2) is 38.9 Å². The molecule has 0 bridgehead atoms. The molecule has 3 N–H and O–H groups in total. The lowest BCUT2D eigenvalue weighted by atomic mass is 9.94. The average molecular weight is 193 g/mol. The molecule has 5 heteroatoms. The van der Waals surface area contributed by atoms with Gasteiger partial charge in [0, 0.05) is 12.0 Å². The largest absolute Gasteiger partial charge is 0.478 e. The molecule has 12 heavy (non-hydrogen) atoms. The molecule has 0 spiro atoms. The van der Waals surface area contributed by atoms with Crippen LogP contribution in [0.3, 0.4) is 0 Å². The number of aliphatic carboxylic acids is 1. The zero-order valence-corrected chi connectivity index (χ0v) is 6.90. The third-order valence-electron chi connectivity index (χ3n) is 1.78. The Morgan fingerprint density at radius 1 is 1.58 bits per heavy atom. The summed E-state index contributed by atoms with van der Waals surface area (Å²) < 4.78 is 0. The fourth-order valence-corrected chi connectivity index (χ4v) is 1.40. The van der Waals surface area contributed by atoms with Crippen molar-refractivity contribution >= 4 is 17.6 Å². The summed E-state index contributed by atoms with van der Waals surface area (Å²) in [5, 5.41) is 26.0. The monoisotopic (exact) mass is 192 g/mol. The van der Waals surface area contributed by atoms with Crippen molar-refractivity contribution in [2.75, 3.05) is 0 Å². The van der Waals surface area contributed by atoms with Gasteiger partial charge in [0.25, 0.3) is 0 Å². The number of aliphatic hydroxyl groups is 2. The molecule has 0 unspecified atom stereocenters. The number of hydrogen-bond donors (Lipinski definition) is 3. The number of alkyl halides is 1. The van der Waals surface area contributed by atoms with Gasteiger partial charge in [-0.1, -0.05) is 6.08 Å². The first-order valence-corrected chi connectivity index (χ1v) is 3.90. The summed E-state index contributed by atoms with van der Waals surface area (Å²) in [6, 6.07) is 0. The maximum Gasteiger partial charge on any atom is 0.331 e. The summed E-state index contributed by atoms with van der Waals surface area (Å²) in [5.41, 5.74) is 0.0489. The quantitative estimate of drug-likeness (QED) is 0.500. The molecule has 0 fully saturated rings. The Labute approximate surface area is 74.1 Å². The highest BCUT2D eigenvalue weighted by Gasteiger charge is 2.31. The lowest BCUT2D eigenvalue weighted by molar-refractivity contribution is -0.133. The van der Waals surface area contributed by atoms with Gasteiger partial charge in [-0.15, -0.1) is 11.6 Å². The van der Waals surface area contributed by atoms with Crippen LogP contribution >= 0.6 is 11.6 Å². The third kappa shape index (κ3) is 1.77. The van der Waals surface area contributed by atoms with Crippen molar-refractivity contribution < 1.29 is 20.1 Å². The van der Waals surface area contributed by atoms with Gasteiger partial charge in [-0.3, -0.25) is 0 Å². The number of rotatable bonds is 1. The van der Waals surface area contributed by atoms with E-state index in [2.05, 4.69) is 0 Å². The predicted molar refractivity (Wildman–Crippen MR) is 42.0 cm³/mol. The summed E-state index contributed by atoms with van der Waals surface area (Å²) in [4.78, 5) is 10.4. The van der Waals surface area contributed by atoms with Crippen LogP contribution in [0.4, 0.5) is 0 Å². The Hall–Kier alpha value is -0.580. The van der Waals surface area contributed by atoms with Gasteiger partial charge in [0.05, 0.1) is 11.5 Å². The minimum absolute atomic E-state index is 0.0489. The number of halogens is 1. The van der Waals surface area contributed by atoms with Gasteiger partial charge in [0.2, 0.25) is 0 Å². The van der Waals surface area contributed by atoms with Gasteiger partial charge in [-0.2, -0.15) is 0 Å². The van der Waals surface area contributed by atoms with Crippen LogP contribution in [0.25, 0.3) is 0 Å². The Balaban J connectivity index is 2.81. The highest BCUT2D eigenvalue weighted by atomic mass is 35.5. The van der Waals surface area contributed by atoms with Gasteiger partial charge in [0.1, 0.15) is 6.10 Å². The van der Waals surface area contributed by atoms with Crippen LogP contribution in [-0.2, 0) is 4.79 Å². The number of hydrogen-bond acceptors (Lipinski definition) is 3. The maximum absolute atomic E-state index is 10.4. The molecule has 0 aromatic heterocycles. The Kier molecular flexibility index (Phi) is 2.72. The second-order valence-electron chi connectivity index (χ2n) is 2.70. The SMILES string of the molecule is O=C(O)C1=C[C@H](Cl)[C@@H](O)[C@H](O)C1. The smallest absolute Gasteiger partial charge is 0.331 e. The van der Waals surface area contributed by atoms with E-state index >= 15 is 0 Å². The van der Waals surface area contributed by atoms with Crippen LogP contribution in [0.1, 0.15) is 6.42 Å². The van der Waals surface area contributed by atoms with Crippen molar-refractivity contribution in [3.8, 4) is 0 Å². The van der Waals surface area contributed by atoms with E-state index in [0.717, 1.165) is 0 Å². The highest BCUT2D eigenvalue weighted by molar-refractivity contribution is 6.22. The van der Waals surface area contributed by atoms with E-state index in [-0.39, 0.29) is 12.0 Å². The van der Waals surface area contributed by atoms with Gasteiger partial charge >= 0.3 is 5.97 Å². The topological polar surface area (TPSA) is 77.8 Å². The second-order valence-corrected chi connectivity index (χ2v) is 3.21. The highest BCUT2D eigenvalue weighted by Crippen LogP contribution is 2.22. The van der Waals surface area contributed by atoms with E-state index in [1.165, 1.54) is 6.08 Å². The predicted octanol–water partition coefficient (Wildman–Crippen LogP) is -0.270. The molecule has 3 atom stereocenters. The maximum atomic E-state index is 10.4. The first-order chi connectivity index (χ1) is 5.52. The molecular formula is C7H9ClO4. The number of aliphatic hydroxyl groups excluding tert-OH is 2. The van der Waals surface area contributed by atoms with Gasteiger partial charge in [-0.05, 0) is 0 Å². The van der Waals surface area contributed by atoms with Gasteiger partial charge in [0.15, 0.2) is 0 Å². The summed E-state index contributed by atoms with van der Waals surface area (Å²) >= 11 is 5.55. The fraction of sp³-hybridized carbons (Fsp3) is 0.571. The van der Waals surface area contributed by atoms with E-state index in [0.29, 0.717) is 0 Å². The van der Waals surface area contributed by atoms with Crippen molar-refractivity contribution in [2.24, 2.45) is 0 Å². The zero-order valence-electron chi connectivity index (χ0n) is 6.14. The van der Waals surface area contributed by atoms with E-state index in [1.807, 2.05) is 0 Å². The Bertz CT molecular complexity index is 225. The van der Waals surface area contributed by atoms with E-state index in [9.17, 15) is 4.79 Å². The van der Waals surface area contributed by atoms with Crippen molar-refractivity contribution in [2.45, 2.75) is 24.0 Å². The summed E-state index contributed by atoms with van der Waals surface area (Å²) in [6.07, 6.45) is -0.959. The molecule has 0 aromatic rings. The zero-order chi connectivity index (χ0) is 9.30. The Morgan fingerprint density at radius 2 is 2.17 bits per heavy atom. The number of carboxylic acids is 1. The third-order valence-corrected chi connectivity index (χ3v) is 2.17. The molecule has 0 saturated carbocycles. The van der Waals surface area contributed by atoms with Crippen LogP contribution in [0.2, 0.25) is 0 Å². The van der Waals surface area contributed by atoms with E-state index < -0.39 is 23.6 Å². The first-order valence-electron chi connectivity index (χ1n) is 3.46. The molecule has 0 amide bonds. The Morgan fingerprint density at radius 3 is 2.58 bits per heavy atom.